The molecule has 0 radical (unpaired) electrons. The van der Waals surface area contributed by atoms with E-state index in [1.54, 1.807) is 18.2 Å². The molecule has 23 heavy (non-hydrogen) atoms. The van der Waals surface area contributed by atoms with Crippen LogP contribution in [0, 0.1) is 0 Å². The molecule has 3 nitrogen and oxygen atoms in total. The summed E-state index contributed by atoms with van der Waals surface area (Å²) in [4.78, 5) is 12.3. The van der Waals surface area contributed by atoms with Crippen LogP contribution in [-0.2, 0) is 17.9 Å². The van der Waals surface area contributed by atoms with Crippen LogP contribution in [0.25, 0.3) is 0 Å². The van der Waals surface area contributed by atoms with Crippen molar-refractivity contribution in [1.82, 2.24) is 5.32 Å². The average Bonchev–Trinajstić information content (AvgIpc) is 2.51. The average molecular weight is 352 g/mol. The van der Waals surface area contributed by atoms with E-state index in [2.05, 4.69) is 5.32 Å². The highest BCUT2D eigenvalue weighted by atomic mass is 35.5. The number of hydrogen-bond acceptors (Lipinski definition) is 2. The molecule has 0 spiro atoms. The number of halogens is 2. The molecule has 1 N–H and O–H groups in total. The van der Waals surface area contributed by atoms with Gasteiger partial charge >= 0.3 is 0 Å². The van der Waals surface area contributed by atoms with Crippen molar-refractivity contribution in [2.24, 2.45) is 0 Å². The summed E-state index contributed by atoms with van der Waals surface area (Å²) in [5, 5.41) is 3.72. The molecule has 0 saturated carbocycles. The lowest BCUT2D eigenvalue weighted by Gasteiger charge is -2.13. The molecule has 0 fully saturated rings. The van der Waals surface area contributed by atoms with Crippen molar-refractivity contribution in [2.75, 3.05) is 0 Å². The summed E-state index contributed by atoms with van der Waals surface area (Å²) in [7, 11) is 0. The van der Waals surface area contributed by atoms with Crippen molar-refractivity contribution in [3.63, 3.8) is 0 Å². The molecule has 0 unspecified atom stereocenters. The number of nitrogens with one attached hydrogen (secondary N) is 1. The summed E-state index contributed by atoms with van der Waals surface area (Å²) in [6.07, 6.45) is 0.158. The second-order valence-electron chi connectivity index (χ2n) is 5.44. The first kappa shape index (κ1) is 17.8. The van der Waals surface area contributed by atoms with Gasteiger partial charge in [-0.3, -0.25) is 4.79 Å². The third kappa shape index (κ3) is 5.24. The monoisotopic (exact) mass is 351 g/mol. The van der Waals surface area contributed by atoms with Crippen molar-refractivity contribution >= 4 is 29.1 Å². The van der Waals surface area contributed by atoms with E-state index in [1.807, 2.05) is 38.1 Å². The first-order valence-corrected chi connectivity index (χ1v) is 8.14. The summed E-state index contributed by atoms with van der Waals surface area (Å²) in [5.41, 5.74) is 2.49. The van der Waals surface area contributed by atoms with Gasteiger partial charge in [-0.05, 0) is 43.2 Å². The lowest BCUT2D eigenvalue weighted by atomic mass is 10.1. The Bertz CT molecular complexity index is 686. The molecule has 0 bridgehead atoms. The minimum atomic E-state index is -0.230. The van der Waals surface area contributed by atoms with E-state index in [0.29, 0.717) is 28.8 Å². The molecule has 2 aromatic rings. The first-order valence-electron chi connectivity index (χ1n) is 7.39. The van der Waals surface area contributed by atoms with Gasteiger partial charge in [0, 0.05) is 11.6 Å². The molecule has 0 aliphatic carbocycles. The summed E-state index contributed by atoms with van der Waals surface area (Å²) >= 11 is 11.9. The van der Waals surface area contributed by atoms with Crippen LogP contribution in [0.1, 0.15) is 35.3 Å². The Morgan fingerprint density at radius 3 is 2.48 bits per heavy atom. The van der Waals surface area contributed by atoms with E-state index in [-0.39, 0.29) is 12.0 Å². The number of ether oxygens (including phenoxy) is 1. The van der Waals surface area contributed by atoms with Crippen LogP contribution in [0.4, 0.5) is 0 Å². The predicted octanol–water partition coefficient (Wildman–Crippen LogP) is 4.85. The van der Waals surface area contributed by atoms with Gasteiger partial charge in [-0.2, -0.15) is 0 Å². The van der Waals surface area contributed by atoms with Gasteiger partial charge in [0.25, 0.3) is 5.91 Å². The van der Waals surface area contributed by atoms with Crippen LogP contribution >= 0.6 is 23.2 Å². The Morgan fingerprint density at radius 2 is 1.83 bits per heavy atom. The maximum atomic E-state index is 12.3. The van der Waals surface area contributed by atoms with Crippen LogP contribution in [-0.4, -0.2) is 12.0 Å². The van der Waals surface area contributed by atoms with Gasteiger partial charge in [0.15, 0.2) is 0 Å². The van der Waals surface area contributed by atoms with Gasteiger partial charge in [-0.1, -0.05) is 47.5 Å². The Kier molecular flexibility index (Phi) is 6.46. The second-order valence-corrected chi connectivity index (χ2v) is 6.28. The van der Waals surface area contributed by atoms with E-state index in [4.69, 9.17) is 27.9 Å². The quantitative estimate of drug-likeness (QED) is 0.807. The summed E-state index contributed by atoms with van der Waals surface area (Å²) in [6.45, 7) is 4.92. The van der Waals surface area contributed by atoms with E-state index >= 15 is 0 Å². The van der Waals surface area contributed by atoms with Crippen molar-refractivity contribution in [3.05, 3.63) is 69.2 Å². The van der Waals surface area contributed by atoms with Crippen molar-refractivity contribution in [1.29, 1.82) is 0 Å². The van der Waals surface area contributed by atoms with Crippen molar-refractivity contribution in [3.8, 4) is 0 Å². The van der Waals surface area contributed by atoms with E-state index < -0.39 is 0 Å². The third-order valence-electron chi connectivity index (χ3n) is 3.31. The van der Waals surface area contributed by atoms with Crippen LogP contribution in [0.5, 0.6) is 0 Å². The number of carbonyl (C=O) groups excluding carboxylic acids is 1. The molecule has 2 rings (SSSR count). The van der Waals surface area contributed by atoms with Gasteiger partial charge in [0.05, 0.1) is 23.3 Å². The zero-order valence-corrected chi connectivity index (χ0v) is 14.6. The van der Waals surface area contributed by atoms with Crippen molar-refractivity contribution in [2.45, 2.75) is 33.1 Å². The topological polar surface area (TPSA) is 38.3 Å². The molecule has 0 atom stereocenters. The molecule has 5 heteroatoms. The summed E-state index contributed by atoms with van der Waals surface area (Å²) in [6, 6.07) is 12.7. The Morgan fingerprint density at radius 1 is 1.13 bits per heavy atom. The number of rotatable bonds is 6. The summed E-state index contributed by atoms with van der Waals surface area (Å²) < 4.78 is 5.64. The Balaban J connectivity index is 2.04. The minimum absolute atomic E-state index is 0.158. The molecule has 2 aromatic carbocycles. The standard InChI is InChI=1S/C18H19Cl2NO2/c1-12(2)23-11-14-6-4-3-5-13(14)10-21-18(22)16-8-7-15(19)9-17(16)20/h3-9,12H,10-11H2,1-2H3,(H,21,22). The SMILES string of the molecule is CC(C)OCc1ccccc1CNC(=O)c1ccc(Cl)cc1Cl. The highest BCUT2D eigenvalue weighted by Crippen LogP contribution is 2.21. The fourth-order valence-corrected chi connectivity index (χ4v) is 2.57. The second kappa shape index (κ2) is 8.34. The largest absolute Gasteiger partial charge is 0.374 e. The van der Waals surface area contributed by atoms with Crippen LogP contribution in [0.15, 0.2) is 42.5 Å². The zero-order chi connectivity index (χ0) is 16.8. The van der Waals surface area contributed by atoms with Crippen molar-refractivity contribution < 1.29 is 9.53 Å². The number of carbonyl (C=O) groups is 1. The Hall–Kier alpha value is -1.55. The van der Waals surface area contributed by atoms with Crippen LogP contribution in [0.3, 0.4) is 0 Å². The highest BCUT2D eigenvalue weighted by molar-refractivity contribution is 6.36. The minimum Gasteiger partial charge on any atom is -0.374 e. The molecule has 0 saturated heterocycles. The lowest BCUT2D eigenvalue weighted by Crippen LogP contribution is -2.23. The number of hydrogen-bond donors (Lipinski definition) is 1. The highest BCUT2D eigenvalue weighted by Gasteiger charge is 2.11. The molecule has 0 heterocycles. The number of benzene rings is 2. The Labute approximate surface area is 146 Å². The third-order valence-corrected chi connectivity index (χ3v) is 3.85. The van der Waals surface area contributed by atoms with Gasteiger partial charge in [0.2, 0.25) is 0 Å². The zero-order valence-electron chi connectivity index (χ0n) is 13.1. The molecular formula is C18H19Cl2NO2. The molecule has 122 valence electrons. The smallest absolute Gasteiger partial charge is 0.253 e. The maximum Gasteiger partial charge on any atom is 0.253 e. The van der Waals surface area contributed by atoms with Gasteiger partial charge in [-0.25, -0.2) is 0 Å². The first-order chi connectivity index (χ1) is 11.0. The van der Waals surface area contributed by atoms with Crippen LogP contribution in [0.2, 0.25) is 10.0 Å². The number of amides is 1. The van der Waals surface area contributed by atoms with E-state index in [0.717, 1.165) is 11.1 Å². The van der Waals surface area contributed by atoms with E-state index in [9.17, 15) is 4.79 Å². The van der Waals surface area contributed by atoms with Gasteiger partial charge in [-0.15, -0.1) is 0 Å². The van der Waals surface area contributed by atoms with E-state index in [1.165, 1.54) is 0 Å². The van der Waals surface area contributed by atoms with Gasteiger partial charge < -0.3 is 10.1 Å². The summed E-state index contributed by atoms with van der Waals surface area (Å²) in [5.74, 6) is -0.230. The normalized spacial score (nSPS) is 10.8. The fourth-order valence-electron chi connectivity index (χ4n) is 2.07. The van der Waals surface area contributed by atoms with Gasteiger partial charge in [0.1, 0.15) is 0 Å². The molecular weight excluding hydrogens is 333 g/mol. The molecule has 1 amide bonds. The predicted molar refractivity (Wildman–Crippen MR) is 94.0 cm³/mol. The molecule has 0 aliphatic heterocycles. The fraction of sp³-hybridized carbons (Fsp3) is 0.278. The maximum absolute atomic E-state index is 12.3. The van der Waals surface area contributed by atoms with Crippen LogP contribution < -0.4 is 5.32 Å². The molecule has 0 aliphatic rings. The lowest BCUT2D eigenvalue weighted by molar-refractivity contribution is 0.0651. The molecule has 0 aromatic heterocycles.